The Morgan fingerprint density at radius 3 is 2.63 bits per heavy atom. The highest BCUT2D eigenvalue weighted by molar-refractivity contribution is 7.11. The van der Waals surface area contributed by atoms with E-state index in [0.717, 1.165) is 21.6 Å². The van der Waals surface area contributed by atoms with Gasteiger partial charge in [0.05, 0.1) is 10.7 Å². The number of aromatic nitrogens is 1. The molecule has 0 spiro atoms. The molecule has 2 rings (SSSR count). The van der Waals surface area contributed by atoms with Crippen molar-refractivity contribution >= 4 is 11.3 Å². The maximum Gasteiger partial charge on any atom is 0.130 e. The van der Waals surface area contributed by atoms with Gasteiger partial charge in [-0.25, -0.2) is 13.8 Å². The number of hydrogen-bond acceptors (Lipinski definition) is 3. The molecule has 0 fully saturated rings. The molecule has 102 valence electrons. The summed E-state index contributed by atoms with van der Waals surface area (Å²) in [5, 5.41) is 4.26. The molecule has 1 N–H and O–H groups in total. The van der Waals surface area contributed by atoms with Crippen LogP contribution in [0.4, 0.5) is 8.78 Å². The molecule has 0 radical (unpaired) electrons. The number of thiazole rings is 1. The highest BCUT2D eigenvalue weighted by Gasteiger charge is 2.12. The number of aryl methyl sites for hydroxylation is 2. The minimum Gasteiger partial charge on any atom is -0.305 e. The summed E-state index contributed by atoms with van der Waals surface area (Å²) in [7, 11) is 0. The standard InChI is InChI=1S/C14H16F2N2S/c1-8(12-5-4-11(15)6-13(12)16)17-7-14-9(2)18-10(3)19-14/h4-6,8,17H,7H2,1-3H3. The zero-order chi connectivity index (χ0) is 14.0. The van der Waals surface area contributed by atoms with Crippen molar-refractivity contribution in [3.8, 4) is 0 Å². The van der Waals surface area contributed by atoms with Gasteiger partial charge in [0.15, 0.2) is 0 Å². The van der Waals surface area contributed by atoms with Crippen LogP contribution >= 0.6 is 11.3 Å². The third-order valence-corrected chi connectivity index (χ3v) is 4.07. The number of halogens is 2. The predicted molar refractivity (Wildman–Crippen MR) is 73.2 cm³/mol. The monoisotopic (exact) mass is 282 g/mol. The molecule has 0 amide bonds. The van der Waals surface area contributed by atoms with E-state index in [1.54, 1.807) is 11.3 Å². The van der Waals surface area contributed by atoms with E-state index in [1.807, 2.05) is 20.8 Å². The fourth-order valence-electron chi connectivity index (χ4n) is 1.95. The molecular weight excluding hydrogens is 266 g/mol. The van der Waals surface area contributed by atoms with E-state index in [2.05, 4.69) is 10.3 Å². The van der Waals surface area contributed by atoms with Crippen molar-refractivity contribution in [1.82, 2.24) is 10.3 Å². The molecule has 0 bridgehead atoms. The van der Waals surface area contributed by atoms with E-state index in [4.69, 9.17) is 0 Å². The van der Waals surface area contributed by atoms with Gasteiger partial charge >= 0.3 is 0 Å². The van der Waals surface area contributed by atoms with Gasteiger partial charge in [0, 0.05) is 29.1 Å². The molecule has 1 heterocycles. The SMILES string of the molecule is Cc1nc(C)c(CNC(C)c2ccc(F)cc2F)s1. The molecule has 0 aliphatic heterocycles. The minimum atomic E-state index is -0.553. The van der Waals surface area contributed by atoms with E-state index < -0.39 is 11.6 Å². The van der Waals surface area contributed by atoms with Gasteiger partial charge < -0.3 is 5.32 Å². The number of hydrogen-bond donors (Lipinski definition) is 1. The average Bonchev–Trinajstić information content (AvgIpc) is 2.65. The van der Waals surface area contributed by atoms with Crippen LogP contribution in [-0.4, -0.2) is 4.98 Å². The lowest BCUT2D eigenvalue weighted by atomic mass is 10.1. The van der Waals surface area contributed by atoms with Crippen LogP contribution < -0.4 is 5.32 Å². The highest BCUT2D eigenvalue weighted by Crippen LogP contribution is 2.21. The lowest BCUT2D eigenvalue weighted by Gasteiger charge is -2.14. The van der Waals surface area contributed by atoms with Gasteiger partial charge in [-0.3, -0.25) is 0 Å². The first-order valence-corrected chi connectivity index (χ1v) is 6.90. The van der Waals surface area contributed by atoms with Crippen LogP contribution in [0, 0.1) is 25.5 Å². The van der Waals surface area contributed by atoms with Gasteiger partial charge in [-0.15, -0.1) is 11.3 Å². The molecule has 1 aromatic heterocycles. The van der Waals surface area contributed by atoms with Gasteiger partial charge in [0.2, 0.25) is 0 Å². The first-order valence-electron chi connectivity index (χ1n) is 6.08. The molecule has 19 heavy (non-hydrogen) atoms. The van der Waals surface area contributed by atoms with Gasteiger partial charge in [-0.05, 0) is 26.8 Å². The molecule has 0 aliphatic rings. The Morgan fingerprint density at radius 1 is 1.32 bits per heavy atom. The Balaban J connectivity index is 2.05. The minimum absolute atomic E-state index is 0.178. The maximum atomic E-state index is 13.6. The Kier molecular flexibility index (Phi) is 4.27. The van der Waals surface area contributed by atoms with E-state index in [9.17, 15) is 8.78 Å². The number of benzene rings is 1. The number of rotatable bonds is 4. The Labute approximate surface area is 115 Å². The quantitative estimate of drug-likeness (QED) is 0.920. The van der Waals surface area contributed by atoms with Crippen molar-refractivity contribution in [3.05, 3.63) is 51.0 Å². The zero-order valence-electron chi connectivity index (χ0n) is 11.1. The fraction of sp³-hybridized carbons (Fsp3) is 0.357. The molecular formula is C14H16F2N2S. The maximum absolute atomic E-state index is 13.6. The second kappa shape index (κ2) is 5.75. The Morgan fingerprint density at radius 2 is 2.05 bits per heavy atom. The number of nitrogens with one attached hydrogen (secondary N) is 1. The topological polar surface area (TPSA) is 24.9 Å². The molecule has 1 unspecified atom stereocenters. The molecule has 0 aliphatic carbocycles. The summed E-state index contributed by atoms with van der Waals surface area (Å²) >= 11 is 1.63. The summed E-state index contributed by atoms with van der Waals surface area (Å²) in [5.74, 6) is -1.07. The molecule has 0 saturated carbocycles. The third-order valence-electron chi connectivity index (χ3n) is 3.00. The van der Waals surface area contributed by atoms with Crippen LogP contribution in [-0.2, 0) is 6.54 Å². The smallest absolute Gasteiger partial charge is 0.130 e. The summed E-state index contributed by atoms with van der Waals surface area (Å²) in [6, 6.07) is 3.49. The summed E-state index contributed by atoms with van der Waals surface area (Å²) in [6.07, 6.45) is 0. The largest absolute Gasteiger partial charge is 0.305 e. The second-order valence-corrected chi connectivity index (χ2v) is 5.80. The van der Waals surface area contributed by atoms with Gasteiger partial charge in [0.1, 0.15) is 11.6 Å². The lowest BCUT2D eigenvalue weighted by molar-refractivity contribution is 0.519. The first-order chi connectivity index (χ1) is 8.97. The van der Waals surface area contributed by atoms with Crippen molar-refractivity contribution in [3.63, 3.8) is 0 Å². The molecule has 1 atom stereocenters. The predicted octanol–water partition coefficient (Wildman–Crippen LogP) is 3.89. The van der Waals surface area contributed by atoms with Gasteiger partial charge in [-0.1, -0.05) is 6.07 Å². The van der Waals surface area contributed by atoms with Crippen molar-refractivity contribution < 1.29 is 8.78 Å². The van der Waals surface area contributed by atoms with Gasteiger partial charge in [-0.2, -0.15) is 0 Å². The number of nitrogens with zero attached hydrogens (tertiary/aromatic N) is 1. The summed E-state index contributed by atoms with van der Waals surface area (Å²) in [6.45, 7) is 6.42. The van der Waals surface area contributed by atoms with E-state index >= 15 is 0 Å². The van der Waals surface area contributed by atoms with Crippen molar-refractivity contribution in [2.45, 2.75) is 33.4 Å². The van der Waals surface area contributed by atoms with Crippen LogP contribution in [0.5, 0.6) is 0 Å². The molecule has 5 heteroatoms. The van der Waals surface area contributed by atoms with E-state index in [0.29, 0.717) is 12.1 Å². The fourth-order valence-corrected chi connectivity index (χ4v) is 2.83. The molecule has 2 aromatic rings. The average molecular weight is 282 g/mol. The molecule has 1 aromatic carbocycles. The normalized spacial score (nSPS) is 12.7. The summed E-state index contributed by atoms with van der Waals surface area (Å²) < 4.78 is 26.5. The van der Waals surface area contributed by atoms with Gasteiger partial charge in [0.25, 0.3) is 0 Å². The zero-order valence-corrected chi connectivity index (χ0v) is 11.9. The van der Waals surface area contributed by atoms with Crippen LogP contribution in [0.25, 0.3) is 0 Å². The lowest BCUT2D eigenvalue weighted by Crippen LogP contribution is -2.19. The highest BCUT2D eigenvalue weighted by atomic mass is 32.1. The Bertz CT molecular complexity index is 581. The van der Waals surface area contributed by atoms with Crippen LogP contribution in [0.2, 0.25) is 0 Å². The van der Waals surface area contributed by atoms with E-state index in [1.165, 1.54) is 12.1 Å². The van der Waals surface area contributed by atoms with Crippen LogP contribution in [0.3, 0.4) is 0 Å². The van der Waals surface area contributed by atoms with Crippen LogP contribution in [0.1, 0.15) is 34.1 Å². The van der Waals surface area contributed by atoms with Crippen molar-refractivity contribution in [2.75, 3.05) is 0 Å². The van der Waals surface area contributed by atoms with E-state index in [-0.39, 0.29) is 6.04 Å². The molecule has 0 saturated heterocycles. The van der Waals surface area contributed by atoms with Crippen molar-refractivity contribution in [1.29, 1.82) is 0 Å². The van der Waals surface area contributed by atoms with Crippen LogP contribution in [0.15, 0.2) is 18.2 Å². The second-order valence-electron chi connectivity index (χ2n) is 4.51. The first kappa shape index (κ1) is 14.1. The molecule has 2 nitrogen and oxygen atoms in total. The summed E-state index contributed by atoms with van der Waals surface area (Å²) in [4.78, 5) is 5.49. The van der Waals surface area contributed by atoms with Crippen molar-refractivity contribution in [2.24, 2.45) is 0 Å². The summed E-state index contributed by atoms with van der Waals surface area (Å²) in [5.41, 5.74) is 1.47. The Hall–Kier alpha value is -1.33. The third kappa shape index (κ3) is 3.36.